The summed E-state index contributed by atoms with van der Waals surface area (Å²) in [5.41, 5.74) is 2.05. The van der Waals surface area contributed by atoms with Crippen molar-refractivity contribution in [1.82, 2.24) is 19.7 Å². The van der Waals surface area contributed by atoms with Gasteiger partial charge in [-0.05, 0) is 44.4 Å². The van der Waals surface area contributed by atoms with Crippen LogP contribution in [0.5, 0.6) is 0 Å². The van der Waals surface area contributed by atoms with Crippen LogP contribution in [-0.2, 0) is 13.6 Å². The van der Waals surface area contributed by atoms with Crippen LogP contribution in [0, 0.1) is 0 Å². The quantitative estimate of drug-likeness (QED) is 0.923. The van der Waals surface area contributed by atoms with Crippen molar-refractivity contribution in [3.63, 3.8) is 0 Å². The van der Waals surface area contributed by atoms with Gasteiger partial charge in [-0.3, -0.25) is 9.58 Å². The average molecular weight is 343 g/mol. The molecule has 2 aliphatic heterocycles. The van der Waals surface area contributed by atoms with Crippen molar-refractivity contribution >= 4 is 16.9 Å². The third-order valence-electron chi connectivity index (χ3n) is 5.74. The van der Waals surface area contributed by atoms with Crippen LogP contribution in [0.2, 0.25) is 0 Å². The van der Waals surface area contributed by atoms with Gasteiger partial charge in [0.05, 0.1) is 12.3 Å². The number of hydrogen-bond donors (Lipinski definition) is 1. The van der Waals surface area contributed by atoms with Gasteiger partial charge >= 0.3 is 0 Å². The molecule has 0 aliphatic carbocycles. The van der Waals surface area contributed by atoms with E-state index in [4.69, 9.17) is 10.1 Å². The first-order chi connectivity index (χ1) is 12.3. The Bertz CT molecular complexity index is 720. The topological polar surface area (TPSA) is 57.4 Å². The highest BCUT2D eigenvalue weighted by molar-refractivity contribution is 5.80. The highest BCUT2D eigenvalue weighted by Gasteiger charge is 2.25. The second-order valence-electron chi connectivity index (χ2n) is 7.46. The summed E-state index contributed by atoms with van der Waals surface area (Å²) in [6.45, 7) is 4.29. The molecule has 4 rings (SSSR count). The molecule has 25 heavy (non-hydrogen) atoms. The number of hydrogen-bond acceptors (Lipinski definition) is 5. The zero-order valence-electron chi connectivity index (χ0n) is 15.2. The second kappa shape index (κ2) is 7.30. The van der Waals surface area contributed by atoms with Crippen molar-refractivity contribution < 1.29 is 5.11 Å². The highest BCUT2D eigenvalue weighted by atomic mass is 16.3. The van der Waals surface area contributed by atoms with Gasteiger partial charge in [0.15, 0.2) is 5.65 Å². The summed E-state index contributed by atoms with van der Waals surface area (Å²) in [7, 11) is 1.98. The van der Waals surface area contributed by atoms with Crippen LogP contribution in [0.1, 0.15) is 44.2 Å². The summed E-state index contributed by atoms with van der Waals surface area (Å²) < 4.78 is 1.91. The summed E-state index contributed by atoms with van der Waals surface area (Å²) in [5, 5.41) is 15.4. The Balaban J connectivity index is 1.60. The molecule has 2 aromatic heterocycles. The molecule has 0 spiro atoms. The number of rotatable bonds is 4. The monoisotopic (exact) mass is 343 g/mol. The van der Waals surface area contributed by atoms with Gasteiger partial charge in [-0.1, -0.05) is 12.8 Å². The van der Waals surface area contributed by atoms with E-state index in [1.54, 1.807) is 0 Å². The number of aromatic nitrogens is 3. The number of aliphatic hydroxyl groups excluding tert-OH is 1. The van der Waals surface area contributed by atoms with Crippen LogP contribution in [0.3, 0.4) is 0 Å². The first-order valence-corrected chi connectivity index (χ1v) is 9.69. The number of nitrogens with zero attached hydrogens (tertiary/aromatic N) is 5. The zero-order valence-corrected chi connectivity index (χ0v) is 15.2. The molecule has 0 amide bonds. The Morgan fingerprint density at radius 3 is 2.64 bits per heavy atom. The third-order valence-corrected chi connectivity index (χ3v) is 5.74. The molecule has 2 aromatic rings. The number of fused-ring (bicyclic) bond motifs is 1. The fraction of sp³-hybridized carbons (Fsp3) is 0.684. The molecule has 0 aromatic carbocycles. The molecule has 1 unspecified atom stereocenters. The largest absolute Gasteiger partial charge is 0.395 e. The third kappa shape index (κ3) is 3.37. The van der Waals surface area contributed by atoms with Gasteiger partial charge in [0.2, 0.25) is 0 Å². The Hall–Kier alpha value is -1.66. The summed E-state index contributed by atoms with van der Waals surface area (Å²) >= 11 is 0. The number of likely N-dealkylation sites (tertiary alicyclic amines) is 1. The fourth-order valence-electron chi connectivity index (χ4n) is 4.29. The zero-order chi connectivity index (χ0) is 17.2. The van der Waals surface area contributed by atoms with Crippen molar-refractivity contribution in [3.8, 4) is 0 Å². The minimum absolute atomic E-state index is 0.238. The predicted octanol–water partition coefficient (Wildman–Crippen LogP) is 2.31. The lowest BCUT2D eigenvalue weighted by molar-refractivity contribution is 0.152. The van der Waals surface area contributed by atoms with Gasteiger partial charge < -0.3 is 10.0 Å². The smallest absolute Gasteiger partial charge is 0.160 e. The van der Waals surface area contributed by atoms with E-state index < -0.39 is 0 Å². The van der Waals surface area contributed by atoms with E-state index in [2.05, 4.69) is 21.9 Å². The van der Waals surface area contributed by atoms with E-state index in [1.807, 2.05) is 11.7 Å². The van der Waals surface area contributed by atoms with Gasteiger partial charge in [-0.25, -0.2) is 4.98 Å². The first kappa shape index (κ1) is 16.8. The second-order valence-corrected chi connectivity index (χ2v) is 7.46. The van der Waals surface area contributed by atoms with Crippen molar-refractivity contribution in [1.29, 1.82) is 0 Å². The minimum Gasteiger partial charge on any atom is -0.395 e. The molecule has 1 N–H and O–H groups in total. The van der Waals surface area contributed by atoms with Crippen molar-refractivity contribution in [2.24, 2.45) is 7.05 Å². The number of pyridine rings is 1. The molecule has 2 saturated heterocycles. The molecule has 0 bridgehead atoms. The van der Waals surface area contributed by atoms with Gasteiger partial charge in [0.1, 0.15) is 5.82 Å². The number of aliphatic hydroxyl groups is 1. The number of aryl methyl sites for hydroxylation is 1. The first-order valence-electron chi connectivity index (χ1n) is 9.69. The van der Waals surface area contributed by atoms with Gasteiger partial charge in [-0.15, -0.1) is 0 Å². The maximum atomic E-state index is 9.55. The van der Waals surface area contributed by atoms with Gasteiger partial charge in [-0.2, -0.15) is 5.10 Å². The predicted molar refractivity (Wildman–Crippen MR) is 99.7 cm³/mol. The van der Waals surface area contributed by atoms with Crippen molar-refractivity contribution in [2.45, 2.75) is 51.1 Å². The van der Waals surface area contributed by atoms with Crippen LogP contribution < -0.4 is 4.90 Å². The van der Waals surface area contributed by atoms with Gasteiger partial charge in [0, 0.05) is 38.1 Å². The normalized spacial score (nSPS) is 22.6. The minimum atomic E-state index is 0.238. The molecular weight excluding hydrogens is 314 g/mol. The van der Waals surface area contributed by atoms with E-state index >= 15 is 0 Å². The van der Waals surface area contributed by atoms with E-state index in [0.717, 1.165) is 61.6 Å². The molecule has 1 atom stereocenters. The maximum absolute atomic E-state index is 9.55. The standard InChI is InChI=1S/C19H29N5O/c1-22-19-16(17(21-22)13-24-12-6-7-15(24)14-25)8-9-18(20-19)23-10-4-2-3-5-11-23/h8-9,15,25H,2-7,10-14H2,1H3. The lowest BCUT2D eigenvalue weighted by Gasteiger charge is -2.22. The summed E-state index contributed by atoms with van der Waals surface area (Å²) in [5.74, 6) is 1.08. The van der Waals surface area contributed by atoms with E-state index in [9.17, 15) is 5.11 Å². The molecule has 6 heteroatoms. The SMILES string of the molecule is Cn1nc(CN2CCCC2CO)c2ccc(N3CCCCCC3)nc21. The summed E-state index contributed by atoms with van der Waals surface area (Å²) in [6, 6.07) is 4.63. The van der Waals surface area contributed by atoms with Gasteiger partial charge in [0.25, 0.3) is 0 Å². The molecule has 0 saturated carbocycles. The van der Waals surface area contributed by atoms with Crippen LogP contribution in [0.15, 0.2) is 12.1 Å². The molecule has 136 valence electrons. The van der Waals surface area contributed by atoms with Crippen LogP contribution in [0.4, 0.5) is 5.82 Å². The average Bonchev–Trinajstić information content (AvgIpc) is 3.08. The Labute approximate surface area is 149 Å². The Kier molecular flexibility index (Phi) is 4.90. The van der Waals surface area contributed by atoms with E-state index in [-0.39, 0.29) is 12.6 Å². The summed E-state index contributed by atoms with van der Waals surface area (Å²) in [6.07, 6.45) is 7.42. The van der Waals surface area contributed by atoms with E-state index in [0.29, 0.717) is 0 Å². The lowest BCUT2D eigenvalue weighted by Crippen LogP contribution is -2.31. The highest BCUT2D eigenvalue weighted by Crippen LogP contribution is 2.26. The van der Waals surface area contributed by atoms with Crippen molar-refractivity contribution in [3.05, 3.63) is 17.8 Å². The maximum Gasteiger partial charge on any atom is 0.160 e. The molecule has 0 radical (unpaired) electrons. The fourth-order valence-corrected chi connectivity index (χ4v) is 4.29. The molecular formula is C19H29N5O. The Morgan fingerprint density at radius 2 is 1.88 bits per heavy atom. The van der Waals surface area contributed by atoms with Crippen molar-refractivity contribution in [2.75, 3.05) is 31.1 Å². The van der Waals surface area contributed by atoms with E-state index in [1.165, 1.54) is 25.7 Å². The molecule has 4 heterocycles. The summed E-state index contributed by atoms with van der Waals surface area (Å²) in [4.78, 5) is 9.70. The molecule has 2 aliphatic rings. The van der Waals surface area contributed by atoms with Crippen LogP contribution in [-0.4, -0.2) is 57.1 Å². The Morgan fingerprint density at radius 1 is 1.08 bits per heavy atom. The molecule has 2 fully saturated rings. The number of anilines is 1. The molecule has 6 nitrogen and oxygen atoms in total. The van der Waals surface area contributed by atoms with Crippen LogP contribution >= 0.6 is 0 Å². The lowest BCUT2D eigenvalue weighted by atomic mass is 10.2. The van der Waals surface area contributed by atoms with Crippen LogP contribution in [0.25, 0.3) is 11.0 Å².